The lowest BCUT2D eigenvalue weighted by molar-refractivity contribution is 0.503. The quantitative estimate of drug-likeness (QED) is 0.573. The topological polar surface area (TPSA) is 23.8 Å². The Hall–Kier alpha value is -1.14. The number of nitriles is 1. The van der Waals surface area contributed by atoms with Crippen LogP contribution in [0.15, 0.2) is 6.07 Å². The smallest absolute Gasteiger partial charge is 0.163 e. The summed E-state index contributed by atoms with van der Waals surface area (Å²) >= 11 is 5.54. The molecule has 1 rings (SSSR count). The molecule has 0 atom stereocenters. The highest BCUT2D eigenvalue weighted by molar-refractivity contribution is 6.32. The molecule has 0 aromatic heterocycles. The molecular weight excluding hydrogens is 184 g/mol. The molecular formula is C8H4ClF2N. The first-order valence-corrected chi connectivity index (χ1v) is 3.50. The summed E-state index contributed by atoms with van der Waals surface area (Å²) in [6.45, 7) is 1.32. The van der Waals surface area contributed by atoms with E-state index in [1.54, 1.807) is 6.07 Å². The fourth-order valence-corrected chi connectivity index (χ4v) is 0.992. The van der Waals surface area contributed by atoms with Gasteiger partial charge in [-0.25, -0.2) is 8.78 Å². The van der Waals surface area contributed by atoms with Crippen LogP contribution in [0.1, 0.15) is 11.1 Å². The summed E-state index contributed by atoms with van der Waals surface area (Å²) in [6.07, 6.45) is 0. The van der Waals surface area contributed by atoms with E-state index in [-0.39, 0.29) is 16.1 Å². The van der Waals surface area contributed by atoms with Crippen LogP contribution in [0.2, 0.25) is 5.02 Å². The summed E-state index contributed by atoms with van der Waals surface area (Å²) in [5, 5.41) is 8.40. The average molecular weight is 188 g/mol. The second-order valence-corrected chi connectivity index (χ2v) is 2.65. The summed E-state index contributed by atoms with van der Waals surface area (Å²) in [6, 6.07) is 2.45. The van der Waals surface area contributed by atoms with Crippen LogP contribution in [0, 0.1) is 29.9 Å². The van der Waals surface area contributed by atoms with Crippen molar-refractivity contribution in [3.05, 3.63) is 33.9 Å². The number of hydrogen-bond acceptors (Lipinski definition) is 1. The van der Waals surface area contributed by atoms with Crippen molar-refractivity contribution in [3.8, 4) is 6.07 Å². The van der Waals surface area contributed by atoms with Crippen LogP contribution in [-0.2, 0) is 0 Å². The van der Waals surface area contributed by atoms with Gasteiger partial charge in [0.15, 0.2) is 11.6 Å². The van der Waals surface area contributed by atoms with Crippen LogP contribution in [-0.4, -0.2) is 0 Å². The fourth-order valence-electron chi connectivity index (χ4n) is 0.812. The first-order chi connectivity index (χ1) is 5.57. The zero-order valence-corrected chi connectivity index (χ0v) is 6.91. The number of hydrogen-bond donors (Lipinski definition) is 0. The minimum atomic E-state index is -1.05. The molecule has 0 heterocycles. The van der Waals surface area contributed by atoms with Gasteiger partial charge in [-0.15, -0.1) is 0 Å². The summed E-state index contributed by atoms with van der Waals surface area (Å²) in [5.41, 5.74) is -0.0821. The van der Waals surface area contributed by atoms with Crippen LogP contribution < -0.4 is 0 Å². The summed E-state index contributed by atoms with van der Waals surface area (Å²) < 4.78 is 25.4. The van der Waals surface area contributed by atoms with Gasteiger partial charge in [-0.3, -0.25) is 0 Å². The van der Waals surface area contributed by atoms with Crippen molar-refractivity contribution in [2.24, 2.45) is 0 Å². The zero-order valence-electron chi connectivity index (χ0n) is 6.16. The fraction of sp³-hybridized carbons (Fsp3) is 0.125. The maximum absolute atomic E-state index is 12.7. The lowest BCUT2D eigenvalue weighted by atomic mass is 10.1. The minimum absolute atomic E-state index is 0.0311. The van der Waals surface area contributed by atoms with E-state index in [9.17, 15) is 8.78 Å². The van der Waals surface area contributed by atoms with Gasteiger partial charge in [0, 0.05) is 5.56 Å². The van der Waals surface area contributed by atoms with E-state index in [0.717, 1.165) is 6.07 Å². The van der Waals surface area contributed by atoms with Gasteiger partial charge in [0.1, 0.15) is 6.07 Å². The predicted octanol–water partition coefficient (Wildman–Crippen LogP) is 2.80. The molecule has 0 spiro atoms. The predicted molar refractivity (Wildman–Crippen MR) is 40.8 cm³/mol. The molecule has 1 nitrogen and oxygen atoms in total. The van der Waals surface area contributed by atoms with Gasteiger partial charge in [0.2, 0.25) is 0 Å². The SMILES string of the molecule is Cc1c(F)c(F)cc(C#N)c1Cl. The highest BCUT2D eigenvalue weighted by atomic mass is 35.5. The van der Waals surface area contributed by atoms with Crippen molar-refractivity contribution in [3.63, 3.8) is 0 Å². The largest absolute Gasteiger partial charge is 0.204 e. The van der Waals surface area contributed by atoms with Crippen molar-refractivity contribution in [2.45, 2.75) is 6.92 Å². The average Bonchev–Trinajstić information content (AvgIpc) is 2.08. The summed E-state index contributed by atoms with van der Waals surface area (Å²) in [7, 11) is 0. The van der Waals surface area contributed by atoms with E-state index in [0.29, 0.717) is 0 Å². The van der Waals surface area contributed by atoms with Crippen molar-refractivity contribution in [1.29, 1.82) is 5.26 Å². The van der Waals surface area contributed by atoms with E-state index in [2.05, 4.69) is 0 Å². The highest BCUT2D eigenvalue weighted by Crippen LogP contribution is 2.24. The number of nitrogens with zero attached hydrogens (tertiary/aromatic N) is 1. The van der Waals surface area contributed by atoms with Gasteiger partial charge in [-0.2, -0.15) is 5.26 Å². The lowest BCUT2D eigenvalue weighted by Gasteiger charge is -2.01. The third-order valence-corrected chi connectivity index (χ3v) is 1.98. The second-order valence-electron chi connectivity index (χ2n) is 2.27. The molecule has 0 N–H and O–H groups in total. The van der Waals surface area contributed by atoms with E-state index in [4.69, 9.17) is 16.9 Å². The minimum Gasteiger partial charge on any atom is -0.204 e. The molecule has 0 fully saturated rings. The van der Waals surface area contributed by atoms with E-state index in [1.165, 1.54) is 6.92 Å². The zero-order chi connectivity index (χ0) is 9.30. The molecule has 12 heavy (non-hydrogen) atoms. The van der Waals surface area contributed by atoms with Gasteiger partial charge in [-0.1, -0.05) is 11.6 Å². The Kier molecular flexibility index (Phi) is 2.30. The van der Waals surface area contributed by atoms with Crippen LogP contribution in [0.5, 0.6) is 0 Å². The molecule has 0 aliphatic heterocycles. The maximum Gasteiger partial charge on any atom is 0.163 e. The molecule has 1 aromatic carbocycles. The van der Waals surface area contributed by atoms with Crippen molar-refractivity contribution < 1.29 is 8.78 Å². The van der Waals surface area contributed by atoms with E-state index < -0.39 is 11.6 Å². The Morgan fingerprint density at radius 2 is 2.08 bits per heavy atom. The first-order valence-electron chi connectivity index (χ1n) is 3.12. The second kappa shape index (κ2) is 3.08. The van der Waals surface area contributed by atoms with E-state index in [1.807, 2.05) is 0 Å². The molecule has 0 aliphatic rings. The number of benzene rings is 1. The Morgan fingerprint density at radius 1 is 1.50 bits per heavy atom. The van der Waals surface area contributed by atoms with Crippen molar-refractivity contribution in [1.82, 2.24) is 0 Å². The van der Waals surface area contributed by atoms with Crippen LogP contribution >= 0.6 is 11.6 Å². The monoisotopic (exact) mass is 187 g/mol. The maximum atomic E-state index is 12.7. The van der Waals surface area contributed by atoms with Gasteiger partial charge < -0.3 is 0 Å². The Labute approximate surface area is 73.2 Å². The molecule has 0 unspecified atom stereocenters. The van der Waals surface area contributed by atoms with Crippen molar-refractivity contribution in [2.75, 3.05) is 0 Å². The standard InChI is InChI=1S/C8H4ClF2N/c1-4-7(9)5(3-12)2-6(10)8(4)11/h2H,1H3. The normalized spacial score (nSPS) is 9.58. The third-order valence-electron chi connectivity index (χ3n) is 1.50. The Morgan fingerprint density at radius 3 is 2.58 bits per heavy atom. The van der Waals surface area contributed by atoms with Crippen LogP contribution in [0.4, 0.5) is 8.78 Å². The molecule has 1 aromatic rings. The van der Waals surface area contributed by atoms with Gasteiger partial charge in [-0.05, 0) is 13.0 Å². The first kappa shape index (κ1) is 8.95. The van der Waals surface area contributed by atoms with E-state index >= 15 is 0 Å². The number of halogens is 3. The summed E-state index contributed by atoms with van der Waals surface area (Å²) in [4.78, 5) is 0. The van der Waals surface area contributed by atoms with Crippen LogP contribution in [0.3, 0.4) is 0 Å². The molecule has 0 saturated carbocycles. The Balaban J connectivity index is 3.52. The molecule has 0 bridgehead atoms. The molecule has 62 valence electrons. The van der Waals surface area contributed by atoms with Gasteiger partial charge in [0.25, 0.3) is 0 Å². The van der Waals surface area contributed by atoms with Crippen molar-refractivity contribution >= 4 is 11.6 Å². The molecule has 0 aliphatic carbocycles. The number of rotatable bonds is 0. The molecule has 0 amide bonds. The Bertz CT molecular complexity index is 368. The lowest BCUT2D eigenvalue weighted by Crippen LogP contribution is -1.93. The highest BCUT2D eigenvalue weighted by Gasteiger charge is 2.12. The van der Waals surface area contributed by atoms with Gasteiger partial charge in [0.05, 0.1) is 10.6 Å². The van der Waals surface area contributed by atoms with Gasteiger partial charge >= 0.3 is 0 Å². The third kappa shape index (κ3) is 1.26. The molecule has 0 radical (unpaired) electrons. The molecule has 4 heteroatoms. The summed E-state index contributed by atoms with van der Waals surface area (Å²) in [5.74, 6) is -2.05. The van der Waals surface area contributed by atoms with Crippen LogP contribution in [0.25, 0.3) is 0 Å². The molecule has 0 saturated heterocycles.